The molecule has 1 rings (SSSR count). The van der Waals surface area contributed by atoms with E-state index in [9.17, 15) is 0 Å². The molecular formula is C14H20Sn. The SMILES string of the molecule is C/C=C/c1ccc(/C=[CH]/[Sn]([CH3])([CH3])[CH3])cc1. The Balaban J connectivity index is 2.77. The summed E-state index contributed by atoms with van der Waals surface area (Å²) in [6, 6.07) is 8.70. The number of benzene rings is 1. The standard InChI is InChI=1S/C11H11.3CH3.Sn/c1-3-5-11-8-6-10(4-2)7-9-11;;;;/h2-9H,1H3;3*1H3;/b4-2?,5-3+;;;;. The van der Waals surface area contributed by atoms with Crippen LogP contribution in [0, 0.1) is 0 Å². The summed E-state index contributed by atoms with van der Waals surface area (Å²) in [7, 11) is 0. The van der Waals surface area contributed by atoms with Crippen molar-refractivity contribution in [3.63, 3.8) is 0 Å². The summed E-state index contributed by atoms with van der Waals surface area (Å²) in [6.45, 7) is 2.04. The van der Waals surface area contributed by atoms with Gasteiger partial charge in [-0.3, -0.25) is 0 Å². The van der Waals surface area contributed by atoms with Crippen LogP contribution in [-0.2, 0) is 0 Å². The third-order valence-corrected chi connectivity index (χ3v) is 5.40. The minimum atomic E-state index is -1.74. The van der Waals surface area contributed by atoms with Gasteiger partial charge >= 0.3 is 97.8 Å². The molecular weight excluding hydrogens is 287 g/mol. The summed E-state index contributed by atoms with van der Waals surface area (Å²) in [4.78, 5) is 7.25. The van der Waals surface area contributed by atoms with Crippen LogP contribution in [0.3, 0.4) is 0 Å². The number of hydrogen-bond donors (Lipinski definition) is 0. The van der Waals surface area contributed by atoms with Crippen LogP contribution in [0.5, 0.6) is 0 Å². The van der Waals surface area contributed by atoms with Crippen molar-refractivity contribution < 1.29 is 0 Å². The Hall–Kier alpha value is -0.501. The van der Waals surface area contributed by atoms with E-state index in [1.165, 1.54) is 11.1 Å². The number of rotatable bonds is 3. The molecule has 80 valence electrons. The molecule has 0 aliphatic heterocycles. The van der Waals surface area contributed by atoms with Crippen LogP contribution in [0.4, 0.5) is 0 Å². The van der Waals surface area contributed by atoms with Crippen LogP contribution in [0.25, 0.3) is 12.2 Å². The zero-order valence-electron chi connectivity index (χ0n) is 10.1. The molecule has 0 aliphatic rings. The Kier molecular flexibility index (Phi) is 4.65. The summed E-state index contributed by atoms with van der Waals surface area (Å²) >= 11 is -1.74. The van der Waals surface area contributed by atoms with Gasteiger partial charge in [0.1, 0.15) is 0 Å². The fourth-order valence-electron chi connectivity index (χ4n) is 1.26. The van der Waals surface area contributed by atoms with E-state index in [1.54, 1.807) is 0 Å². The fraction of sp³-hybridized carbons (Fsp3) is 0.286. The van der Waals surface area contributed by atoms with Gasteiger partial charge in [-0.15, -0.1) is 0 Å². The number of hydrogen-bond acceptors (Lipinski definition) is 0. The van der Waals surface area contributed by atoms with Crippen LogP contribution in [0.2, 0.25) is 14.8 Å². The first-order chi connectivity index (χ1) is 7.01. The second kappa shape index (κ2) is 5.55. The van der Waals surface area contributed by atoms with Gasteiger partial charge in [0.05, 0.1) is 0 Å². The molecule has 0 aliphatic carbocycles. The molecule has 1 heteroatoms. The zero-order chi connectivity index (χ0) is 11.3. The average Bonchev–Trinajstić information content (AvgIpc) is 2.16. The molecule has 15 heavy (non-hydrogen) atoms. The molecule has 0 spiro atoms. The Morgan fingerprint density at radius 1 is 0.867 bits per heavy atom. The predicted octanol–water partition coefficient (Wildman–Crippen LogP) is 4.61. The van der Waals surface area contributed by atoms with E-state index in [2.05, 4.69) is 61.4 Å². The van der Waals surface area contributed by atoms with Gasteiger partial charge in [0.25, 0.3) is 0 Å². The van der Waals surface area contributed by atoms with E-state index < -0.39 is 18.4 Å². The van der Waals surface area contributed by atoms with E-state index >= 15 is 0 Å². The molecule has 0 radical (unpaired) electrons. The molecule has 0 heterocycles. The van der Waals surface area contributed by atoms with Gasteiger partial charge in [-0.05, 0) is 0 Å². The van der Waals surface area contributed by atoms with Crippen molar-refractivity contribution in [2.24, 2.45) is 0 Å². The first kappa shape index (κ1) is 12.6. The van der Waals surface area contributed by atoms with Gasteiger partial charge in [0.2, 0.25) is 0 Å². The monoisotopic (exact) mass is 308 g/mol. The summed E-state index contributed by atoms with van der Waals surface area (Å²) in [6.07, 6.45) is 6.46. The molecule has 0 saturated carbocycles. The van der Waals surface area contributed by atoms with Crippen molar-refractivity contribution in [2.45, 2.75) is 21.7 Å². The minimum absolute atomic E-state index is 1.27. The van der Waals surface area contributed by atoms with Crippen molar-refractivity contribution in [2.75, 3.05) is 0 Å². The van der Waals surface area contributed by atoms with Crippen molar-refractivity contribution in [3.05, 3.63) is 45.6 Å². The molecule has 0 N–H and O–H groups in total. The molecule has 0 unspecified atom stereocenters. The molecule has 0 saturated heterocycles. The van der Waals surface area contributed by atoms with Crippen molar-refractivity contribution in [1.29, 1.82) is 0 Å². The fourth-order valence-corrected chi connectivity index (χ4v) is 3.23. The zero-order valence-corrected chi connectivity index (χ0v) is 13.0. The average molecular weight is 307 g/mol. The van der Waals surface area contributed by atoms with E-state index in [-0.39, 0.29) is 0 Å². The molecule has 1 aromatic rings. The Bertz CT molecular complexity index is 350. The van der Waals surface area contributed by atoms with Crippen LogP contribution in [0.1, 0.15) is 18.1 Å². The molecule has 0 amide bonds. The van der Waals surface area contributed by atoms with E-state index in [4.69, 9.17) is 0 Å². The normalized spacial score (nSPS) is 12.8. The second-order valence-electron chi connectivity index (χ2n) is 4.87. The van der Waals surface area contributed by atoms with Gasteiger partial charge < -0.3 is 0 Å². The molecule has 0 atom stereocenters. The van der Waals surface area contributed by atoms with Crippen LogP contribution < -0.4 is 0 Å². The van der Waals surface area contributed by atoms with E-state index in [0.29, 0.717) is 0 Å². The van der Waals surface area contributed by atoms with Gasteiger partial charge in [-0.2, -0.15) is 0 Å². The summed E-state index contributed by atoms with van der Waals surface area (Å²) in [5.74, 6) is 0. The topological polar surface area (TPSA) is 0 Å². The van der Waals surface area contributed by atoms with Crippen LogP contribution in [-0.4, -0.2) is 18.4 Å². The summed E-state index contributed by atoms with van der Waals surface area (Å²) in [5, 5.41) is 0. The van der Waals surface area contributed by atoms with Gasteiger partial charge in [-0.1, -0.05) is 0 Å². The van der Waals surface area contributed by atoms with Crippen molar-refractivity contribution in [3.8, 4) is 0 Å². The van der Waals surface area contributed by atoms with Gasteiger partial charge in [0, 0.05) is 0 Å². The third kappa shape index (κ3) is 5.22. The quantitative estimate of drug-likeness (QED) is 0.715. The third-order valence-electron chi connectivity index (χ3n) is 2.07. The van der Waals surface area contributed by atoms with Gasteiger partial charge in [0.15, 0.2) is 0 Å². The Morgan fingerprint density at radius 3 is 1.73 bits per heavy atom. The number of allylic oxidation sites excluding steroid dienone is 1. The maximum atomic E-state index is 2.44. The molecule has 0 bridgehead atoms. The van der Waals surface area contributed by atoms with Crippen molar-refractivity contribution in [1.82, 2.24) is 0 Å². The van der Waals surface area contributed by atoms with Crippen molar-refractivity contribution >= 4 is 30.5 Å². The maximum absolute atomic E-state index is 2.44. The second-order valence-corrected chi connectivity index (χ2v) is 19.3. The Morgan fingerprint density at radius 2 is 1.33 bits per heavy atom. The molecule has 1 aromatic carbocycles. The van der Waals surface area contributed by atoms with Crippen LogP contribution in [0.15, 0.2) is 34.4 Å². The first-order valence-corrected chi connectivity index (χ1v) is 15.6. The van der Waals surface area contributed by atoms with E-state index in [0.717, 1.165) is 0 Å². The van der Waals surface area contributed by atoms with E-state index in [1.807, 2.05) is 6.92 Å². The molecule has 0 fully saturated rings. The Labute approximate surface area is 97.6 Å². The molecule has 0 aromatic heterocycles. The summed E-state index contributed by atoms with van der Waals surface area (Å²) < 4.78 is 2.44. The predicted molar refractivity (Wildman–Crippen MR) is 73.5 cm³/mol. The summed E-state index contributed by atoms with van der Waals surface area (Å²) in [5.41, 5.74) is 2.59. The van der Waals surface area contributed by atoms with Crippen LogP contribution >= 0.6 is 0 Å². The molecule has 0 nitrogen and oxygen atoms in total. The first-order valence-electron chi connectivity index (χ1n) is 5.43. The van der Waals surface area contributed by atoms with Gasteiger partial charge in [-0.25, -0.2) is 0 Å².